The standard InChI is InChI=1S/C17H21N3O3/c1-12-6-8-14(9-7-12)23-13(2)11-18-17(22)19-15-5-4-10-20(3)16(15)21/h4-10,13H,11H2,1-3H3,(H2,18,19,22). The molecule has 23 heavy (non-hydrogen) atoms. The van der Waals surface area contributed by atoms with Crippen molar-refractivity contribution in [3.63, 3.8) is 0 Å². The molecule has 0 saturated heterocycles. The maximum atomic E-state index is 11.9. The van der Waals surface area contributed by atoms with E-state index in [0.717, 1.165) is 11.3 Å². The quantitative estimate of drug-likeness (QED) is 0.889. The highest BCUT2D eigenvalue weighted by Crippen LogP contribution is 2.12. The number of hydrogen-bond donors (Lipinski definition) is 2. The van der Waals surface area contributed by atoms with Gasteiger partial charge in [-0.3, -0.25) is 4.79 Å². The van der Waals surface area contributed by atoms with Crippen LogP contribution in [0, 0.1) is 6.92 Å². The number of nitrogens with one attached hydrogen (secondary N) is 2. The number of ether oxygens (including phenoxy) is 1. The molecule has 0 aliphatic heterocycles. The highest BCUT2D eigenvalue weighted by atomic mass is 16.5. The average molecular weight is 315 g/mol. The van der Waals surface area contributed by atoms with Crippen LogP contribution in [0.15, 0.2) is 47.4 Å². The average Bonchev–Trinajstić information content (AvgIpc) is 2.52. The van der Waals surface area contributed by atoms with Crippen molar-refractivity contribution in [2.45, 2.75) is 20.0 Å². The van der Waals surface area contributed by atoms with Crippen LogP contribution in [-0.2, 0) is 7.05 Å². The minimum atomic E-state index is -0.437. The Bertz CT molecular complexity index is 723. The second-order valence-corrected chi connectivity index (χ2v) is 5.41. The molecule has 6 nitrogen and oxygen atoms in total. The molecule has 0 aliphatic carbocycles. The number of anilines is 1. The van der Waals surface area contributed by atoms with Gasteiger partial charge in [-0.15, -0.1) is 0 Å². The van der Waals surface area contributed by atoms with Gasteiger partial charge in [0.1, 0.15) is 17.5 Å². The van der Waals surface area contributed by atoms with Crippen LogP contribution in [0.2, 0.25) is 0 Å². The van der Waals surface area contributed by atoms with Gasteiger partial charge in [0, 0.05) is 13.2 Å². The van der Waals surface area contributed by atoms with Crippen LogP contribution in [0.4, 0.5) is 10.5 Å². The Hall–Kier alpha value is -2.76. The van der Waals surface area contributed by atoms with E-state index in [1.165, 1.54) is 4.57 Å². The first-order valence-electron chi connectivity index (χ1n) is 7.39. The Morgan fingerprint density at radius 2 is 1.96 bits per heavy atom. The first-order valence-corrected chi connectivity index (χ1v) is 7.39. The maximum absolute atomic E-state index is 11.9. The van der Waals surface area contributed by atoms with Gasteiger partial charge in [-0.1, -0.05) is 17.7 Å². The molecule has 0 spiro atoms. The smallest absolute Gasteiger partial charge is 0.319 e. The molecule has 1 heterocycles. The lowest BCUT2D eigenvalue weighted by atomic mass is 10.2. The fraction of sp³-hybridized carbons (Fsp3) is 0.294. The van der Waals surface area contributed by atoms with Crippen molar-refractivity contribution >= 4 is 11.7 Å². The highest BCUT2D eigenvalue weighted by molar-refractivity contribution is 5.88. The molecular formula is C17H21N3O3. The Kier molecular flexibility index (Phi) is 5.41. The van der Waals surface area contributed by atoms with Crippen molar-refractivity contribution in [1.82, 2.24) is 9.88 Å². The van der Waals surface area contributed by atoms with Crippen molar-refractivity contribution in [3.05, 3.63) is 58.5 Å². The zero-order valence-corrected chi connectivity index (χ0v) is 13.5. The van der Waals surface area contributed by atoms with Gasteiger partial charge in [0.2, 0.25) is 0 Å². The van der Waals surface area contributed by atoms with Gasteiger partial charge in [-0.25, -0.2) is 4.79 Å². The number of urea groups is 1. The minimum absolute atomic E-state index is 0.193. The minimum Gasteiger partial charge on any atom is -0.489 e. The molecule has 2 aromatic rings. The Labute approximate surface area is 135 Å². The van der Waals surface area contributed by atoms with Crippen molar-refractivity contribution in [1.29, 1.82) is 0 Å². The molecule has 0 bridgehead atoms. The molecule has 2 rings (SSSR count). The SMILES string of the molecule is Cc1ccc(OC(C)CNC(=O)Nc2cccn(C)c2=O)cc1. The summed E-state index contributed by atoms with van der Waals surface area (Å²) in [4.78, 5) is 23.7. The molecule has 6 heteroatoms. The molecule has 1 atom stereocenters. The summed E-state index contributed by atoms with van der Waals surface area (Å²) in [6.45, 7) is 4.20. The number of rotatable bonds is 5. The molecule has 122 valence electrons. The zero-order valence-electron chi connectivity index (χ0n) is 13.5. The van der Waals surface area contributed by atoms with Crippen LogP contribution < -0.4 is 20.9 Å². The summed E-state index contributed by atoms with van der Waals surface area (Å²) < 4.78 is 7.11. The van der Waals surface area contributed by atoms with Crippen LogP contribution in [0.25, 0.3) is 0 Å². The van der Waals surface area contributed by atoms with Gasteiger partial charge in [0.25, 0.3) is 5.56 Å². The predicted octanol–water partition coefficient (Wildman–Crippen LogP) is 2.28. The summed E-state index contributed by atoms with van der Waals surface area (Å²) in [6.07, 6.45) is 1.44. The molecule has 2 amide bonds. The van der Waals surface area contributed by atoms with E-state index >= 15 is 0 Å². The molecule has 1 aromatic heterocycles. The van der Waals surface area contributed by atoms with E-state index in [1.807, 2.05) is 38.1 Å². The van der Waals surface area contributed by atoms with E-state index in [2.05, 4.69) is 10.6 Å². The number of amides is 2. The lowest BCUT2D eigenvalue weighted by molar-refractivity contribution is 0.212. The second kappa shape index (κ2) is 7.49. The third kappa shape index (κ3) is 4.88. The second-order valence-electron chi connectivity index (χ2n) is 5.41. The number of hydrogen-bond acceptors (Lipinski definition) is 3. The summed E-state index contributed by atoms with van der Waals surface area (Å²) in [5.74, 6) is 0.752. The normalized spacial score (nSPS) is 11.6. The summed E-state index contributed by atoms with van der Waals surface area (Å²) >= 11 is 0. The Morgan fingerprint density at radius 1 is 1.26 bits per heavy atom. The monoisotopic (exact) mass is 315 g/mol. The molecule has 0 fully saturated rings. The highest BCUT2D eigenvalue weighted by Gasteiger charge is 2.09. The molecule has 0 saturated carbocycles. The lowest BCUT2D eigenvalue weighted by Gasteiger charge is -2.16. The Morgan fingerprint density at radius 3 is 2.65 bits per heavy atom. The van der Waals surface area contributed by atoms with Gasteiger partial charge in [0.15, 0.2) is 0 Å². The van der Waals surface area contributed by atoms with Gasteiger partial charge in [0.05, 0.1) is 6.54 Å². The topological polar surface area (TPSA) is 72.4 Å². The number of carbonyl (C=O) groups is 1. The number of nitrogens with zero attached hydrogens (tertiary/aromatic N) is 1. The van der Waals surface area contributed by atoms with Crippen LogP contribution in [0.3, 0.4) is 0 Å². The van der Waals surface area contributed by atoms with Gasteiger partial charge in [-0.05, 0) is 38.1 Å². The predicted molar refractivity (Wildman–Crippen MR) is 90.0 cm³/mol. The van der Waals surface area contributed by atoms with Crippen LogP contribution in [0.5, 0.6) is 5.75 Å². The molecule has 2 N–H and O–H groups in total. The number of aromatic nitrogens is 1. The molecule has 0 radical (unpaired) electrons. The fourth-order valence-corrected chi connectivity index (χ4v) is 1.99. The lowest BCUT2D eigenvalue weighted by Crippen LogP contribution is -2.37. The van der Waals surface area contributed by atoms with Gasteiger partial charge >= 0.3 is 6.03 Å². The molecule has 1 aromatic carbocycles. The van der Waals surface area contributed by atoms with Crippen LogP contribution in [-0.4, -0.2) is 23.2 Å². The summed E-state index contributed by atoms with van der Waals surface area (Å²) in [6, 6.07) is 10.5. The molecule has 1 unspecified atom stereocenters. The van der Waals surface area contributed by atoms with E-state index in [-0.39, 0.29) is 17.4 Å². The van der Waals surface area contributed by atoms with Gasteiger partial charge < -0.3 is 19.9 Å². The first kappa shape index (κ1) is 16.6. The maximum Gasteiger partial charge on any atom is 0.319 e. The van der Waals surface area contributed by atoms with Crippen molar-refractivity contribution in [2.75, 3.05) is 11.9 Å². The van der Waals surface area contributed by atoms with Crippen molar-refractivity contribution in [3.8, 4) is 5.75 Å². The van der Waals surface area contributed by atoms with Crippen molar-refractivity contribution in [2.24, 2.45) is 7.05 Å². The number of aryl methyl sites for hydroxylation is 2. The van der Waals surface area contributed by atoms with Gasteiger partial charge in [-0.2, -0.15) is 0 Å². The summed E-state index contributed by atoms with van der Waals surface area (Å²) in [5.41, 5.74) is 1.14. The Balaban J connectivity index is 1.83. The van der Waals surface area contributed by atoms with Crippen molar-refractivity contribution < 1.29 is 9.53 Å². The third-order valence-electron chi connectivity index (χ3n) is 3.28. The molecular weight excluding hydrogens is 294 g/mol. The summed E-state index contributed by atoms with van der Waals surface area (Å²) in [7, 11) is 1.63. The fourth-order valence-electron chi connectivity index (χ4n) is 1.99. The first-order chi connectivity index (χ1) is 11.0. The summed E-state index contributed by atoms with van der Waals surface area (Å²) in [5, 5.41) is 5.22. The largest absolute Gasteiger partial charge is 0.489 e. The number of pyridine rings is 1. The molecule has 0 aliphatic rings. The van der Waals surface area contributed by atoms with E-state index in [0.29, 0.717) is 6.54 Å². The van der Waals surface area contributed by atoms with Crippen LogP contribution in [0.1, 0.15) is 12.5 Å². The zero-order chi connectivity index (χ0) is 16.8. The van der Waals surface area contributed by atoms with E-state index in [9.17, 15) is 9.59 Å². The number of carbonyl (C=O) groups excluding carboxylic acids is 1. The third-order valence-corrected chi connectivity index (χ3v) is 3.28. The van der Waals surface area contributed by atoms with E-state index < -0.39 is 6.03 Å². The van der Waals surface area contributed by atoms with E-state index in [4.69, 9.17) is 4.74 Å². The van der Waals surface area contributed by atoms with E-state index in [1.54, 1.807) is 25.4 Å². The number of benzene rings is 1. The van der Waals surface area contributed by atoms with Crippen LogP contribution >= 0.6 is 0 Å².